The quantitative estimate of drug-likeness (QED) is 0.410. The first kappa shape index (κ1) is 22.6. The maximum atomic E-state index is 13.2. The van der Waals surface area contributed by atoms with Gasteiger partial charge in [-0.2, -0.15) is 0 Å². The van der Waals surface area contributed by atoms with Gasteiger partial charge in [-0.25, -0.2) is 8.42 Å². The van der Waals surface area contributed by atoms with Crippen LogP contribution in [-0.4, -0.2) is 22.6 Å². The number of fused-ring (bicyclic) bond motifs is 3. The van der Waals surface area contributed by atoms with E-state index in [1.165, 1.54) is 19.8 Å². The zero-order valence-electron chi connectivity index (χ0n) is 18.8. The molecule has 3 aromatic rings. The van der Waals surface area contributed by atoms with Crippen molar-refractivity contribution in [3.63, 3.8) is 0 Å². The number of rotatable bonds is 6. The van der Waals surface area contributed by atoms with Gasteiger partial charge in [0.05, 0.1) is 30.8 Å². The summed E-state index contributed by atoms with van der Waals surface area (Å²) in [5.74, 6) is 1.41. The molecule has 1 aliphatic heterocycles. The second kappa shape index (κ2) is 8.89. The van der Waals surface area contributed by atoms with Crippen LogP contribution < -0.4 is 19.5 Å². The van der Waals surface area contributed by atoms with E-state index in [0.29, 0.717) is 28.1 Å². The fraction of sp³-hybridized carbons (Fsp3) is 0.231. The van der Waals surface area contributed by atoms with E-state index in [0.717, 1.165) is 17.7 Å². The van der Waals surface area contributed by atoms with Crippen LogP contribution in [0.5, 0.6) is 11.5 Å². The minimum absolute atomic E-state index is 0.122. The molecule has 1 aliphatic carbocycles. The number of anilines is 2. The molecule has 176 valence electrons. The van der Waals surface area contributed by atoms with Gasteiger partial charge < -0.3 is 14.8 Å². The molecule has 2 aliphatic rings. The zero-order valence-corrected chi connectivity index (χ0v) is 20.4. The first-order valence-corrected chi connectivity index (χ1v) is 12.8. The Morgan fingerprint density at radius 3 is 2.47 bits per heavy atom. The molecule has 3 atom stereocenters. The van der Waals surface area contributed by atoms with E-state index in [4.69, 9.17) is 21.1 Å². The number of benzene rings is 3. The molecule has 2 N–H and O–H groups in total. The third-order valence-corrected chi connectivity index (χ3v) is 8.14. The first-order chi connectivity index (χ1) is 16.4. The van der Waals surface area contributed by atoms with Gasteiger partial charge in [0, 0.05) is 22.7 Å². The predicted molar refractivity (Wildman–Crippen MR) is 135 cm³/mol. The third kappa shape index (κ3) is 4.10. The lowest BCUT2D eigenvalue weighted by atomic mass is 9.77. The van der Waals surface area contributed by atoms with Crippen LogP contribution in [-0.2, 0) is 10.0 Å². The number of allylic oxidation sites excluding steroid dienone is 2. The van der Waals surface area contributed by atoms with Gasteiger partial charge in [-0.3, -0.25) is 4.72 Å². The van der Waals surface area contributed by atoms with Crippen LogP contribution in [0.2, 0.25) is 5.02 Å². The monoisotopic (exact) mass is 496 g/mol. The summed E-state index contributed by atoms with van der Waals surface area (Å²) >= 11 is 6.08. The van der Waals surface area contributed by atoms with Crippen molar-refractivity contribution < 1.29 is 17.9 Å². The van der Waals surface area contributed by atoms with Gasteiger partial charge >= 0.3 is 0 Å². The Balaban J connectivity index is 1.46. The summed E-state index contributed by atoms with van der Waals surface area (Å²) in [5, 5.41) is 4.34. The highest BCUT2D eigenvalue weighted by molar-refractivity contribution is 7.92. The van der Waals surface area contributed by atoms with Crippen molar-refractivity contribution in [3.8, 4) is 11.5 Å². The molecule has 0 spiro atoms. The molecule has 34 heavy (non-hydrogen) atoms. The lowest BCUT2D eigenvalue weighted by Gasteiger charge is -2.37. The molecular formula is C26H25ClN2O4S. The van der Waals surface area contributed by atoms with E-state index in [9.17, 15) is 8.42 Å². The molecule has 0 unspecified atom stereocenters. The molecule has 0 aromatic heterocycles. The summed E-state index contributed by atoms with van der Waals surface area (Å²) in [6.07, 6.45) is 5.29. The summed E-state index contributed by atoms with van der Waals surface area (Å²) < 4.78 is 39.6. The average molecular weight is 497 g/mol. The maximum absolute atomic E-state index is 13.2. The van der Waals surface area contributed by atoms with Crippen molar-refractivity contribution in [3.05, 3.63) is 89.0 Å². The average Bonchev–Trinajstić information content (AvgIpc) is 3.34. The van der Waals surface area contributed by atoms with Crippen LogP contribution in [0, 0.1) is 5.92 Å². The first-order valence-electron chi connectivity index (χ1n) is 11.0. The molecule has 0 fully saturated rings. The molecular weight excluding hydrogens is 472 g/mol. The minimum Gasteiger partial charge on any atom is -0.493 e. The summed E-state index contributed by atoms with van der Waals surface area (Å²) in [5.41, 5.74) is 3.49. The zero-order chi connectivity index (χ0) is 23.9. The van der Waals surface area contributed by atoms with Crippen LogP contribution >= 0.6 is 11.6 Å². The highest BCUT2D eigenvalue weighted by atomic mass is 35.5. The predicted octanol–water partition coefficient (Wildman–Crippen LogP) is 5.98. The summed E-state index contributed by atoms with van der Waals surface area (Å²) in [4.78, 5) is 0.215. The molecule has 6 nitrogen and oxygen atoms in total. The van der Waals surface area contributed by atoms with Gasteiger partial charge in [-0.15, -0.1) is 0 Å². The summed E-state index contributed by atoms with van der Waals surface area (Å²) in [6.45, 7) is 0. The Labute approximate surface area is 204 Å². The lowest BCUT2D eigenvalue weighted by Crippen LogP contribution is -2.29. The van der Waals surface area contributed by atoms with Crippen molar-refractivity contribution >= 4 is 33.0 Å². The van der Waals surface area contributed by atoms with Gasteiger partial charge in [0.2, 0.25) is 0 Å². The van der Waals surface area contributed by atoms with Gasteiger partial charge in [-0.1, -0.05) is 35.9 Å². The van der Waals surface area contributed by atoms with Crippen molar-refractivity contribution in [2.45, 2.75) is 23.3 Å². The number of nitrogens with one attached hydrogen (secondary N) is 2. The lowest BCUT2D eigenvalue weighted by molar-refractivity contribution is 0.355. The Morgan fingerprint density at radius 1 is 0.971 bits per heavy atom. The topological polar surface area (TPSA) is 76.7 Å². The van der Waals surface area contributed by atoms with Gasteiger partial charge in [0.1, 0.15) is 0 Å². The number of sulfonamides is 1. The minimum atomic E-state index is -3.80. The second-order valence-corrected chi connectivity index (χ2v) is 10.6. The number of ether oxygens (including phenoxy) is 2. The molecule has 0 bridgehead atoms. The highest BCUT2D eigenvalue weighted by Gasteiger charge is 2.38. The highest BCUT2D eigenvalue weighted by Crippen LogP contribution is 2.50. The van der Waals surface area contributed by atoms with E-state index in [1.54, 1.807) is 30.3 Å². The van der Waals surface area contributed by atoms with E-state index in [2.05, 4.69) is 22.2 Å². The van der Waals surface area contributed by atoms with E-state index in [1.807, 2.05) is 30.3 Å². The smallest absolute Gasteiger partial charge is 0.261 e. The van der Waals surface area contributed by atoms with Crippen molar-refractivity contribution in [2.24, 2.45) is 5.92 Å². The number of halogens is 1. The van der Waals surface area contributed by atoms with E-state index >= 15 is 0 Å². The molecule has 0 radical (unpaired) electrons. The Morgan fingerprint density at radius 2 is 1.74 bits per heavy atom. The molecule has 8 heteroatoms. The van der Waals surface area contributed by atoms with Gasteiger partial charge in [-0.05, 0) is 65.9 Å². The van der Waals surface area contributed by atoms with Crippen LogP contribution in [0.25, 0.3) is 0 Å². The molecule has 5 rings (SSSR count). The Bertz CT molecular complexity index is 1360. The summed E-state index contributed by atoms with van der Waals surface area (Å²) in [7, 11) is -0.761. The Kier molecular flexibility index (Phi) is 5.91. The fourth-order valence-corrected chi connectivity index (χ4v) is 6.06. The summed E-state index contributed by atoms with van der Waals surface area (Å²) in [6, 6.07) is 18.2. The van der Waals surface area contributed by atoms with Crippen LogP contribution in [0.1, 0.15) is 29.5 Å². The van der Waals surface area contributed by atoms with Crippen LogP contribution in [0.3, 0.4) is 0 Å². The second-order valence-electron chi connectivity index (χ2n) is 8.45. The van der Waals surface area contributed by atoms with E-state index in [-0.39, 0.29) is 16.9 Å². The number of hydrogen-bond acceptors (Lipinski definition) is 5. The molecule has 0 amide bonds. The standard InChI is InChI=1S/C26H25ClN2O4S/c1-32-24-13-10-18(14-25(24)33-2)29-34(30,31)19-11-12-23-22(15-19)20-4-3-5-21(20)26(28-23)16-6-8-17(27)9-7-16/h3-4,6-15,20-21,26,28-29H,5H2,1-2H3/t20-,21+,26+/m0/s1. The van der Waals surface area contributed by atoms with Crippen molar-refractivity contribution in [1.82, 2.24) is 0 Å². The van der Waals surface area contributed by atoms with Crippen LogP contribution in [0.4, 0.5) is 11.4 Å². The largest absolute Gasteiger partial charge is 0.493 e. The fourth-order valence-electron chi connectivity index (χ4n) is 4.85. The number of methoxy groups -OCH3 is 2. The molecule has 0 saturated carbocycles. The normalized spacial score (nSPS) is 20.7. The van der Waals surface area contributed by atoms with Crippen LogP contribution in [0.15, 0.2) is 77.7 Å². The van der Waals surface area contributed by atoms with Gasteiger partial charge in [0.15, 0.2) is 11.5 Å². The van der Waals surface area contributed by atoms with Crippen molar-refractivity contribution in [2.75, 3.05) is 24.3 Å². The molecule has 0 saturated heterocycles. The SMILES string of the molecule is COc1ccc(NS(=O)(=O)c2ccc3c(c2)[C@H]2C=CC[C@H]2[C@@H](c2ccc(Cl)cc2)N3)cc1OC. The Hall–Kier alpha value is -3.16. The van der Waals surface area contributed by atoms with Gasteiger partial charge in [0.25, 0.3) is 10.0 Å². The molecule has 3 aromatic carbocycles. The van der Waals surface area contributed by atoms with E-state index < -0.39 is 10.0 Å². The third-order valence-electron chi connectivity index (χ3n) is 6.51. The maximum Gasteiger partial charge on any atom is 0.261 e. The number of hydrogen-bond donors (Lipinski definition) is 2. The molecule has 1 heterocycles. The van der Waals surface area contributed by atoms with Crippen molar-refractivity contribution in [1.29, 1.82) is 0 Å².